The van der Waals surface area contributed by atoms with E-state index in [0.29, 0.717) is 30.8 Å². The number of hydrogen-bond donors (Lipinski definition) is 1. The van der Waals surface area contributed by atoms with Gasteiger partial charge in [-0.3, -0.25) is 14.5 Å². The zero-order valence-corrected chi connectivity index (χ0v) is 18.6. The molecule has 2 fully saturated rings. The van der Waals surface area contributed by atoms with E-state index in [4.69, 9.17) is 0 Å². The first-order valence-corrected chi connectivity index (χ1v) is 11.2. The molecule has 0 bridgehead atoms. The first kappa shape index (κ1) is 23.3. The second-order valence-corrected chi connectivity index (χ2v) is 8.97. The molecule has 33 heavy (non-hydrogen) atoms. The van der Waals surface area contributed by atoms with Crippen LogP contribution >= 0.6 is 0 Å². The number of nitrogens with zero attached hydrogens (tertiary/aromatic N) is 2. The number of alkyl halides is 3. The molecule has 2 aliphatic heterocycles. The molecule has 176 valence electrons. The molecule has 2 aromatic rings. The van der Waals surface area contributed by atoms with E-state index in [9.17, 15) is 22.8 Å². The molecule has 4 rings (SSSR count). The number of benzene rings is 2. The number of likely N-dealkylation sites (tertiary alicyclic amines) is 1. The van der Waals surface area contributed by atoms with E-state index >= 15 is 0 Å². The summed E-state index contributed by atoms with van der Waals surface area (Å²) in [4.78, 5) is 28.5. The van der Waals surface area contributed by atoms with Crippen LogP contribution in [0.4, 0.5) is 18.9 Å². The van der Waals surface area contributed by atoms with Crippen LogP contribution < -0.4 is 10.2 Å². The van der Waals surface area contributed by atoms with Crippen LogP contribution in [0.25, 0.3) is 0 Å². The van der Waals surface area contributed by atoms with Crippen molar-refractivity contribution in [2.45, 2.75) is 44.9 Å². The van der Waals surface area contributed by atoms with Crippen LogP contribution in [0, 0.1) is 5.41 Å². The van der Waals surface area contributed by atoms with Gasteiger partial charge in [0.15, 0.2) is 5.41 Å². The smallest absolute Gasteiger partial charge is 0.349 e. The number of anilines is 1. The number of carbonyl (C=O) groups excluding carboxylic acids is 2. The lowest BCUT2D eigenvalue weighted by molar-refractivity contribution is -0.218. The van der Waals surface area contributed by atoms with Crippen molar-refractivity contribution in [2.75, 3.05) is 24.5 Å². The molecule has 2 aromatic carbocycles. The average molecular weight is 460 g/mol. The van der Waals surface area contributed by atoms with Gasteiger partial charge in [0.25, 0.3) is 0 Å². The van der Waals surface area contributed by atoms with Crippen LogP contribution in [0.2, 0.25) is 0 Å². The highest BCUT2D eigenvalue weighted by Crippen LogP contribution is 2.46. The molecule has 5 nitrogen and oxygen atoms in total. The fourth-order valence-corrected chi connectivity index (χ4v) is 4.71. The van der Waals surface area contributed by atoms with Crippen molar-refractivity contribution in [2.24, 2.45) is 5.41 Å². The number of hydrogen-bond acceptors (Lipinski definition) is 3. The van der Waals surface area contributed by atoms with E-state index in [1.165, 1.54) is 0 Å². The zero-order valence-electron chi connectivity index (χ0n) is 18.6. The number of rotatable bonds is 6. The Balaban J connectivity index is 1.48. The highest BCUT2D eigenvalue weighted by atomic mass is 19.4. The first-order chi connectivity index (χ1) is 15.7. The molecule has 8 heteroatoms. The second-order valence-electron chi connectivity index (χ2n) is 8.97. The maximum atomic E-state index is 14.2. The van der Waals surface area contributed by atoms with Gasteiger partial charge in [0.2, 0.25) is 11.8 Å². The number of carbonyl (C=O) groups is 2. The Hall–Kier alpha value is -2.87. The monoisotopic (exact) mass is 459 g/mol. The molecule has 0 radical (unpaired) electrons. The summed E-state index contributed by atoms with van der Waals surface area (Å²) in [5.74, 6) is -0.968. The van der Waals surface area contributed by atoms with Crippen molar-refractivity contribution in [3.8, 4) is 0 Å². The summed E-state index contributed by atoms with van der Waals surface area (Å²) in [6.07, 6.45) is -3.66. The summed E-state index contributed by atoms with van der Waals surface area (Å²) in [7, 11) is 0. The quantitative estimate of drug-likeness (QED) is 0.695. The number of halogens is 3. The summed E-state index contributed by atoms with van der Waals surface area (Å²) in [5, 5.41) is 2.61. The standard InChI is InChI=1S/C25H28F3N3O2/c1-18(20-9-5-10-21(15-20)31-13-6-11-22(31)32)29-23(33)24(25(26,27)28)12-14-30(17-24)16-19-7-3-2-4-8-19/h2-5,7-10,15,18H,6,11-14,16-17H2,1H3,(H,29,33). The number of amides is 2. The second kappa shape index (κ2) is 9.17. The minimum atomic E-state index is -4.66. The van der Waals surface area contributed by atoms with Gasteiger partial charge in [-0.05, 0) is 49.6 Å². The van der Waals surface area contributed by atoms with Crippen molar-refractivity contribution >= 4 is 17.5 Å². The Morgan fingerprint density at radius 3 is 2.55 bits per heavy atom. The van der Waals surface area contributed by atoms with E-state index in [1.807, 2.05) is 30.3 Å². The summed E-state index contributed by atoms with van der Waals surface area (Å²) >= 11 is 0. The molecule has 2 aliphatic rings. The number of nitrogens with one attached hydrogen (secondary N) is 1. The molecule has 0 spiro atoms. The maximum Gasteiger partial charge on any atom is 0.404 e. The van der Waals surface area contributed by atoms with Gasteiger partial charge < -0.3 is 10.2 Å². The van der Waals surface area contributed by atoms with Gasteiger partial charge in [-0.2, -0.15) is 13.2 Å². The summed E-state index contributed by atoms with van der Waals surface area (Å²) in [5.41, 5.74) is -0.162. The minimum Gasteiger partial charge on any atom is -0.349 e. The van der Waals surface area contributed by atoms with Gasteiger partial charge in [-0.25, -0.2) is 0 Å². The summed E-state index contributed by atoms with van der Waals surface area (Å²) in [6, 6.07) is 15.8. The van der Waals surface area contributed by atoms with Gasteiger partial charge in [-0.1, -0.05) is 42.5 Å². The highest BCUT2D eigenvalue weighted by molar-refractivity contribution is 5.95. The molecule has 0 saturated carbocycles. The normalized spacial score (nSPS) is 22.5. The van der Waals surface area contributed by atoms with E-state index in [-0.39, 0.29) is 25.4 Å². The first-order valence-electron chi connectivity index (χ1n) is 11.2. The van der Waals surface area contributed by atoms with Crippen molar-refractivity contribution in [1.29, 1.82) is 0 Å². The maximum absolute atomic E-state index is 14.2. The van der Waals surface area contributed by atoms with E-state index in [1.54, 1.807) is 41.0 Å². The molecule has 0 aliphatic carbocycles. The van der Waals surface area contributed by atoms with Gasteiger partial charge in [0.05, 0.1) is 6.04 Å². The predicted molar refractivity (Wildman–Crippen MR) is 119 cm³/mol. The third-order valence-electron chi connectivity index (χ3n) is 6.68. The zero-order chi connectivity index (χ0) is 23.6. The Bertz CT molecular complexity index is 1010. The lowest BCUT2D eigenvalue weighted by atomic mass is 9.84. The van der Waals surface area contributed by atoms with Gasteiger partial charge >= 0.3 is 6.18 Å². The fraction of sp³-hybridized carbons (Fsp3) is 0.440. The molecule has 2 amide bonds. The molecular weight excluding hydrogens is 431 g/mol. The molecule has 0 aromatic heterocycles. The fourth-order valence-electron chi connectivity index (χ4n) is 4.71. The predicted octanol–water partition coefficient (Wildman–Crippen LogP) is 4.45. The molecule has 1 N–H and O–H groups in total. The van der Waals surface area contributed by atoms with E-state index in [2.05, 4.69) is 5.32 Å². The van der Waals surface area contributed by atoms with Crippen molar-refractivity contribution in [3.05, 3.63) is 65.7 Å². The van der Waals surface area contributed by atoms with Crippen molar-refractivity contribution in [1.82, 2.24) is 10.2 Å². The lowest BCUT2D eigenvalue weighted by Crippen LogP contribution is -2.52. The van der Waals surface area contributed by atoms with Crippen LogP contribution in [0.15, 0.2) is 54.6 Å². The Morgan fingerprint density at radius 2 is 1.88 bits per heavy atom. The summed E-state index contributed by atoms with van der Waals surface area (Å²) < 4.78 is 42.6. The third kappa shape index (κ3) is 4.76. The van der Waals surface area contributed by atoms with Crippen molar-refractivity contribution < 1.29 is 22.8 Å². The van der Waals surface area contributed by atoms with Crippen LogP contribution in [-0.4, -0.2) is 42.5 Å². The average Bonchev–Trinajstić information content (AvgIpc) is 3.41. The molecular formula is C25H28F3N3O2. The largest absolute Gasteiger partial charge is 0.404 e. The Morgan fingerprint density at radius 1 is 1.12 bits per heavy atom. The molecule has 2 saturated heterocycles. The summed E-state index contributed by atoms with van der Waals surface area (Å²) in [6.45, 7) is 2.49. The molecule has 2 unspecified atom stereocenters. The Kier molecular flexibility index (Phi) is 6.47. The SMILES string of the molecule is CC(NC(=O)C1(C(F)(F)F)CCN(Cc2ccccc2)C1)c1cccc(N2CCCC2=O)c1. The van der Waals surface area contributed by atoms with E-state index in [0.717, 1.165) is 12.0 Å². The van der Waals surface area contributed by atoms with E-state index < -0.39 is 23.5 Å². The Labute approximate surface area is 191 Å². The van der Waals surface area contributed by atoms with Crippen LogP contribution in [0.5, 0.6) is 0 Å². The highest BCUT2D eigenvalue weighted by Gasteiger charge is 2.63. The topological polar surface area (TPSA) is 52.7 Å². The molecule has 2 atom stereocenters. The van der Waals surface area contributed by atoms with Crippen LogP contribution in [0.1, 0.15) is 43.4 Å². The van der Waals surface area contributed by atoms with Crippen LogP contribution in [-0.2, 0) is 16.1 Å². The van der Waals surface area contributed by atoms with Crippen LogP contribution in [0.3, 0.4) is 0 Å². The lowest BCUT2D eigenvalue weighted by Gasteiger charge is -2.32. The molecule has 2 heterocycles. The van der Waals surface area contributed by atoms with Crippen molar-refractivity contribution in [3.63, 3.8) is 0 Å². The minimum absolute atomic E-state index is 0.0318. The van der Waals surface area contributed by atoms with Gasteiger partial charge in [0, 0.05) is 31.7 Å². The third-order valence-corrected chi connectivity index (χ3v) is 6.68. The van der Waals surface area contributed by atoms with Gasteiger partial charge in [-0.15, -0.1) is 0 Å². The van der Waals surface area contributed by atoms with Gasteiger partial charge in [0.1, 0.15) is 0 Å².